The number of anilines is 2. The van der Waals surface area contributed by atoms with Crippen LogP contribution in [0.2, 0.25) is 10.0 Å². The first kappa shape index (κ1) is 27.1. The number of hydrogen-bond acceptors (Lipinski definition) is 8. The normalized spacial score (nSPS) is 18.6. The van der Waals surface area contributed by atoms with Crippen LogP contribution in [0.25, 0.3) is 0 Å². The van der Waals surface area contributed by atoms with Crippen LogP contribution in [-0.2, 0) is 4.74 Å². The molecule has 1 unspecified atom stereocenters. The molecule has 7 nitrogen and oxygen atoms in total. The van der Waals surface area contributed by atoms with Gasteiger partial charge in [0.15, 0.2) is 0 Å². The van der Waals surface area contributed by atoms with Gasteiger partial charge in [0.25, 0.3) is 0 Å². The number of aromatic nitrogens is 2. The van der Waals surface area contributed by atoms with Crippen molar-refractivity contribution in [1.29, 1.82) is 5.41 Å². The van der Waals surface area contributed by atoms with E-state index < -0.39 is 6.10 Å². The van der Waals surface area contributed by atoms with Crippen molar-refractivity contribution in [3.8, 4) is 5.75 Å². The number of rotatable bonds is 8. The van der Waals surface area contributed by atoms with Crippen LogP contribution in [0.3, 0.4) is 0 Å². The molecule has 0 spiro atoms. The molecule has 2 aliphatic heterocycles. The molecule has 0 aliphatic carbocycles. The number of thioether (sulfide) groups is 1. The van der Waals surface area contributed by atoms with Gasteiger partial charge in [-0.1, -0.05) is 23.2 Å². The standard InChI is InChI=1S/C28H31Cl2N5O2S/c1-18(27-22(29)16-32-17-23(27)30)37-20-6-7-24(34-26-4-2-3-11-36-26)21(14-20)28(31)19-5-8-25(33-15-19)35-9-12-38-13-10-35/h5-8,14-18,26,31,34H,2-4,9-13H2,1H3/t18-,26?/m0/s1. The van der Waals surface area contributed by atoms with Gasteiger partial charge in [-0.2, -0.15) is 11.8 Å². The molecular weight excluding hydrogens is 541 g/mol. The van der Waals surface area contributed by atoms with Crippen LogP contribution < -0.4 is 15.0 Å². The molecule has 2 fully saturated rings. The molecule has 4 heterocycles. The lowest BCUT2D eigenvalue weighted by atomic mass is 10.0. The van der Waals surface area contributed by atoms with Gasteiger partial charge in [-0.25, -0.2) is 4.98 Å². The molecule has 0 bridgehead atoms. The van der Waals surface area contributed by atoms with Crippen LogP contribution >= 0.6 is 35.0 Å². The molecule has 200 valence electrons. The van der Waals surface area contributed by atoms with Gasteiger partial charge >= 0.3 is 0 Å². The van der Waals surface area contributed by atoms with E-state index in [-0.39, 0.29) is 6.23 Å². The van der Waals surface area contributed by atoms with E-state index in [1.54, 1.807) is 18.6 Å². The van der Waals surface area contributed by atoms with E-state index in [9.17, 15) is 0 Å². The van der Waals surface area contributed by atoms with Crippen LogP contribution in [0.1, 0.15) is 49.0 Å². The SMILES string of the molecule is C[C@H](Oc1ccc(NC2CCCCO2)c(C(=N)c2ccc(N3CCSCC3)nc2)c1)c1c(Cl)cncc1Cl. The summed E-state index contributed by atoms with van der Waals surface area (Å²) in [6.45, 7) is 4.61. The number of halogens is 2. The summed E-state index contributed by atoms with van der Waals surface area (Å²) in [6, 6.07) is 9.68. The highest BCUT2D eigenvalue weighted by atomic mass is 35.5. The zero-order valence-electron chi connectivity index (χ0n) is 21.3. The number of nitrogens with zero attached hydrogens (tertiary/aromatic N) is 3. The number of ether oxygens (including phenoxy) is 2. The molecule has 0 amide bonds. The molecule has 0 radical (unpaired) electrons. The Labute approximate surface area is 237 Å². The zero-order chi connectivity index (χ0) is 26.5. The molecule has 2 N–H and O–H groups in total. The Balaban J connectivity index is 1.42. The van der Waals surface area contributed by atoms with Crippen molar-refractivity contribution in [2.45, 2.75) is 38.5 Å². The predicted molar refractivity (Wildman–Crippen MR) is 157 cm³/mol. The molecule has 10 heteroatoms. The number of nitrogens with one attached hydrogen (secondary N) is 2. The minimum Gasteiger partial charge on any atom is -0.486 e. The summed E-state index contributed by atoms with van der Waals surface area (Å²) in [7, 11) is 0. The van der Waals surface area contributed by atoms with Gasteiger partial charge in [0.2, 0.25) is 0 Å². The van der Waals surface area contributed by atoms with Crippen molar-refractivity contribution in [2.75, 3.05) is 41.4 Å². The molecule has 1 aromatic carbocycles. The lowest BCUT2D eigenvalue weighted by Crippen LogP contribution is -2.33. The lowest BCUT2D eigenvalue weighted by molar-refractivity contribution is 0.0343. The van der Waals surface area contributed by atoms with Crippen molar-refractivity contribution in [3.05, 3.63) is 75.7 Å². The molecule has 38 heavy (non-hydrogen) atoms. The van der Waals surface area contributed by atoms with Gasteiger partial charge in [0, 0.05) is 72.2 Å². The third-order valence-electron chi connectivity index (χ3n) is 6.74. The van der Waals surface area contributed by atoms with Crippen LogP contribution in [0.4, 0.5) is 11.5 Å². The van der Waals surface area contributed by atoms with Crippen molar-refractivity contribution >= 4 is 52.2 Å². The Hall–Kier alpha value is -2.52. The second-order valence-corrected chi connectivity index (χ2v) is 11.4. The fraction of sp³-hybridized carbons (Fsp3) is 0.393. The minimum absolute atomic E-state index is 0.0899. The topological polar surface area (TPSA) is 83.4 Å². The molecule has 2 aromatic heterocycles. The summed E-state index contributed by atoms with van der Waals surface area (Å²) >= 11 is 14.7. The smallest absolute Gasteiger partial charge is 0.128 e. The molecule has 5 rings (SSSR count). The molecule has 2 atom stereocenters. The number of hydrogen-bond donors (Lipinski definition) is 2. The Bertz CT molecular complexity index is 1240. The summed E-state index contributed by atoms with van der Waals surface area (Å²) < 4.78 is 12.2. The highest BCUT2D eigenvalue weighted by Gasteiger charge is 2.21. The minimum atomic E-state index is -0.413. The van der Waals surface area contributed by atoms with Gasteiger partial charge in [-0.05, 0) is 56.5 Å². The quantitative estimate of drug-likeness (QED) is 0.286. The van der Waals surface area contributed by atoms with E-state index >= 15 is 0 Å². The van der Waals surface area contributed by atoms with E-state index in [1.165, 1.54) is 0 Å². The van der Waals surface area contributed by atoms with Gasteiger partial charge in [0.05, 0.1) is 15.8 Å². The van der Waals surface area contributed by atoms with Crippen LogP contribution in [-0.4, -0.2) is 53.1 Å². The molecule has 3 aromatic rings. The average molecular weight is 573 g/mol. The van der Waals surface area contributed by atoms with Crippen molar-refractivity contribution < 1.29 is 9.47 Å². The van der Waals surface area contributed by atoms with Crippen molar-refractivity contribution in [2.24, 2.45) is 0 Å². The summed E-state index contributed by atoms with van der Waals surface area (Å²) in [5, 5.41) is 13.5. The fourth-order valence-electron chi connectivity index (χ4n) is 4.70. The second-order valence-electron chi connectivity index (χ2n) is 9.36. The predicted octanol–water partition coefficient (Wildman–Crippen LogP) is 6.83. The van der Waals surface area contributed by atoms with Crippen LogP contribution in [0, 0.1) is 5.41 Å². The van der Waals surface area contributed by atoms with Gasteiger partial charge < -0.3 is 19.7 Å². The summed E-state index contributed by atoms with van der Waals surface area (Å²) in [4.78, 5) is 11.0. The highest BCUT2D eigenvalue weighted by molar-refractivity contribution is 7.99. The maximum absolute atomic E-state index is 9.11. The van der Waals surface area contributed by atoms with E-state index in [4.69, 9.17) is 38.1 Å². The maximum Gasteiger partial charge on any atom is 0.128 e. The van der Waals surface area contributed by atoms with Crippen molar-refractivity contribution in [3.63, 3.8) is 0 Å². The Morgan fingerprint density at radius 3 is 2.61 bits per heavy atom. The van der Waals surface area contributed by atoms with E-state index in [0.29, 0.717) is 32.6 Å². The Kier molecular flexibility index (Phi) is 8.94. The summed E-state index contributed by atoms with van der Waals surface area (Å²) in [5.74, 6) is 3.77. The number of benzene rings is 1. The second kappa shape index (κ2) is 12.6. The third kappa shape index (κ3) is 6.37. The Morgan fingerprint density at radius 1 is 1.13 bits per heavy atom. The fourth-order valence-corrected chi connectivity index (χ4v) is 6.27. The van der Waals surface area contributed by atoms with E-state index in [1.807, 2.05) is 49.0 Å². The lowest BCUT2D eigenvalue weighted by Gasteiger charge is -2.27. The molecule has 0 saturated carbocycles. The average Bonchev–Trinajstić information content (AvgIpc) is 2.94. The van der Waals surface area contributed by atoms with Gasteiger partial charge in [0.1, 0.15) is 23.9 Å². The molecular formula is C28H31Cl2N5O2S. The summed E-state index contributed by atoms with van der Waals surface area (Å²) in [6.07, 6.45) is 7.49. The first-order chi connectivity index (χ1) is 18.5. The molecule has 2 saturated heterocycles. The van der Waals surface area contributed by atoms with Crippen molar-refractivity contribution in [1.82, 2.24) is 9.97 Å². The van der Waals surface area contributed by atoms with Gasteiger partial charge in [-0.3, -0.25) is 10.4 Å². The van der Waals surface area contributed by atoms with Crippen LogP contribution in [0.15, 0.2) is 48.9 Å². The monoisotopic (exact) mass is 571 g/mol. The first-order valence-electron chi connectivity index (χ1n) is 12.9. The Morgan fingerprint density at radius 2 is 1.92 bits per heavy atom. The first-order valence-corrected chi connectivity index (χ1v) is 14.8. The highest BCUT2D eigenvalue weighted by Crippen LogP contribution is 2.34. The zero-order valence-corrected chi connectivity index (χ0v) is 23.6. The van der Waals surface area contributed by atoms with E-state index in [0.717, 1.165) is 67.5 Å². The molecule has 2 aliphatic rings. The van der Waals surface area contributed by atoms with Crippen LogP contribution in [0.5, 0.6) is 5.75 Å². The van der Waals surface area contributed by atoms with E-state index in [2.05, 4.69) is 20.2 Å². The summed E-state index contributed by atoms with van der Waals surface area (Å²) in [5.41, 5.74) is 3.29. The largest absolute Gasteiger partial charge is 0.486 e. The van der Waals surface area contributed by atoms with Gasteiger partial charge in [-0.15, -0.1) is 0 Å². The maximum atomic E-state index is 9.11. The number of pyridine rings is 2. The third-order valence-corrected chi connectivity index (χ3v) is 8.28.